The molecule has 3 fully saturated rings. The highest BCUT2D eigenvalue weighted by molar-refractivity contribution is 5.62. The Morgan fingerprint density at radius 3 is 2.47 bits per heavy atom. The molecular weight excluding hydrogens is 419 g/mol. The van der Waals surface area contributed by atoms with Gasteiger partial charge in [-0.1, -0.05) is 0 Å². The number of rotatable bonds is 5. The molecule has 6 nitrogen and oxygen atoms in total. The Morgan fingerprint density at radius 2 is 1.84 bits per heavy atom. The average Bonchev–Trinajstić information content (AvgIpc) is 3.09. The Bertz CT molecular complexity index is 970. The fourth-order valence-electron chi connectivity index (χ4n) is 5.72. The molecule has 9 heteroatoms. The maximum atomic E-state index is 12.9. The van der Waals surface area contributed by atoms with Crippen LogP contribution in [0.5, 0.6) is 0 Å². The molecule has 2 atom stereocenters. The number of halogens is 3. The Labute approximate surface area is 185 Å². The van der Waals surface area contributed by atoms with Gasteiger partial charge in [0, 0.05) is 54.1 Å². The second-order valence-electron chi connectivity index (χ2n) is 9.68. The number of hydrogen-bond acceptors (Lipinski definition) is 5. The van der Waals surface area contributed by atoms with Crippen LogP contribution in [-0.2, 0) is 11.2 Å². The van der Waals surface area contributed by atoms with Crippen molar-refractivity contribution in [3.05, 3.63) is 29.6 Å². The topological polar surface area (TPSA) is 69.2 Å². The molecule has 2 aromatic rings. The van der Waals surface area contributed by atoms with Gasteiger partial charge in [0.25, 0.3) is 0 Å². The molecule has 174 valence electrons. The molecule has 1 aliphatic heterocycles. The van der Waals surface area contributed by atoms with Crippen LogP contribution < -0.4 is 5.73 Å². The van der Waals surface area contributed by atoms with Gasteiger partial charge in [0.05, 0.1) is 25.3 Å². The van der Waals surface area contributed by atoms with Gasteiger partial charge in [-0.05, 0) is 50.7 Å². The Morgan fingerprint density at radius 1 is 1.16 bits per heavy atom. The molecule has 5 rings (SSSR count). The number of nitrogen functional groups attached to an aromatic ring is 1. The molecule has 0 amide bonds. The second kappa shape index (κ2) is 8.02. The summed E-state index contributed by atoms with van der Waals surface area (Å²) in [5.41, 5.74) is 8.14. The Kier molecular flexibility index (Phi) is 5.44. The third-order valence-electron chi connectivity index (χ3n) is 7.27. The van der Waals surface area contributed by atoms with Crippen LogP contribution in [0.25, 0.3) is 11.3 Å². The quantitative estimate of drug-likeness (QED) is 0.746. The van der Waals surface area contributed by atoms with E-state index in [1.807, 2.05) is 4.68 Å². The lowest BCUT2D eigenvalue weighted by Gasteiger charge is -2.33. The molecule has 2 aliphatic carbocycles. The molecule has 3 aliphatic rings. The fourth-order valence-corrected chi connectivity index (χ4v) is 5.72. The summed E-state index contributed by atoms with van der Waals surface area (Å²) in [4.78, 5) is 6.59. The number of alkyl halides is 3. The lowest BCUT2D eigenvalue weighted by atomic mass is 10.0. The summed E-state index contributed by atoms with van der Waals surface area (Å²) >= 11 is 0. The summed E-state index contributed by atoms with van der Waals surface area (Å²) in [6, 6.07) is 4.35. The maximum Gasteiger partial charge on any atom is 0.393 e. The van der Waals surface area contributed by atoms with Crippen molar-refractivity contribution in [1.29, 1.82) is 0 Å². The highest BCUT2D eigenvalue weighted by Gasteiger charge is 2.58. The standard InChI is InChI=1S/C23H30F3N5O/c1-13(2)31-20(21-17-8-16(9-18(17)21)30-3-5-32-6-4-30)10-19(29-31)15-7-14(11-23(24,25)26)22(27)28-12-15/h7,10,12-13,16-18,21H,3-6,8-9,11H2,1-2H3,(H2,27,28). The summed E-state index contributed by atoms with van der Waals surface area (Å²) in [5, 5.41) is 4.77. The van der Waals surface area contributed by atoms with Crippen LogP contribution in [0.2, 0.25) is 0 Å². The normalized spacial score (nSPS) is 28.3. The van der Waals surface area contributed by atoms with Crippen LogP contribution in [0.4, 0.5) is 19.0 Å². The molecule has 0 spiro atoms. The van der Waals surface area contributed by atoms with E-state index in [-0.39, 0.29) is 17.4 Å². The molecular formula is C23H30F3N5O. The third-order valence-corrected chi connectivity index (χ3v) is 7.27. The molecule has 0 aromatic carbocycles. The minimum absolute atomic E-state index is 0.00714. The van der Waals surface area contributed by atoms with E-state index in [1.54, 1.807) is 0 Å². The number of nitrogens with zero attached hydrogens (tertiary/aromatic N) is 4. The Balaban J connectivity index is 1.36. The summed E-state index contributed by atoms with van der Waals surface area (Å²) in [7, 11) is 0. The van der Waals surface area contributed by atoms with E-state index in [4.69, 9.17) is 15.6 Å². The van der Waals surface area contributed by atoms with Crippen molar-refractivity contribution in [2.24, 2.45) is 11.8 Å². The summed E-state index contributed by atoms with van der Waals surface area (Å²) in [5.74, 6) is 1.72. The largest absolute Gasteiger partial charge is 0.393 e. The summed E-state index contributed by atoms with van der Waals surface area (Å²) in [6.45, 7) is 7.87. The van der Waals surface area contributed by atoms with E-state index < -0.39 is 12.6 Å². The van der Waals surface area contributed by atoms with E-state index in [2.05, 4.69) is 29.8 Å². The highest BCUT2D eigenvalue weighted by Crippen LogP contribution is 2.64. The van der Waals surface area contributed by atoms with Gasteiger partial charge < -0.3 is 10.5 Å². The highest BCUT2D eigenvalue weighted by atomic mass is 19.4. The van der Waals surface area contributed by atoms with E-state index >= 15 is 0 Å². The predicted octanol–water partition coefficient (Wildman–Crippen LogP) is 4.04. The Hall–Kier alpha value is -2.13. The number of aromatic nitrogens is 3. The van der Waals surface area contributed by atoms with Gasteiger partial charge in [0.2, 0.25) is 0 Å². The van der Waals surface area contributed by atoms with E-state index in [1.165, 1.54) is 30.8 Å². The predicted molar refractivity (Wildman–Crippen MR) is 115 cm³/mol. The van der Waals surface area contributed by atoms with Crippen molar-refractivity contribution in [3.63, 3.8) is 0 Å². The van der Waals surface area contributed by atoms with E-state index in [9.17, 15) is 13.2 Å². The minimum Gasteiger partial charge on any atom is -0.383 e. The average molecular weight is 450 g/mol. The van der Waals surface area contributed by atoms with E-state index in [0.717, 1.165) is 26.3 Å². The van der Waals surface area contributed by atoms with Crippen LogP contribution in [0, 0.1) is 11.8 Å². The van der Waals surface area contributed by atoms with Crippen LogP contribution in [-0.4, -0.2) is 58.2 Å². The molecule has 0 bridgehead atoms. The van der Waals surface area contributed by atoms with Crippen LogP contribution in [0.3, 0.4) is 0 Å². The van der Waals surface area contributed by atoms with Crippen LogP contribution in [0.15, 0.2) is 18.3 Å². The number of pyridine rings is 1. The van der Waals surface area contributed by atoms with Crippen molar-refractivity contribution < 1.29 is 17.9 Å². The number of ether oxygens (including phenoxy) is 1. The first kappa shape index (κ1) is 21.7. The van der Waals surface area contributed by atoms with Crippen molar-refractivity contribution in [2.75, 3.05) is 32.0 Å². The van der Waals surface area contributed by atoms with Crippen LogP contribution >= 0.6 is 0 Å². The zero-order valence-corrected chi connectivity index (χ0v) is 18.5. The lowest BCUT2D eigenvalue weighted by Crippen LogP contribution is -2.43. The molecule has 2 N–H and O–H groups in total. The van der Waals surface area contributed by atoms with Crippen molar-refractivity contribution in [3.8, 4) is 11.3 Å². The van der Waals surface area contributed by atoms with Gasteiger partial charge in [0.1, 0.15) is 5.82 Å². The van der Waals surface area contributed by atoms with Gasteiger partial charge in [-0.15, -0.1) is 0 Å². The van der Waals surface area contributed by atoms with Gasteiger partial charge in [0.15, 0.2) is 0 Å². The molecule has 0 radical (unpaired) electrons. The number of hydrogen-bond donors (Lipinski definition) is 1. The molecule has 3 heterocycles. The molecule has 1 saturated heterocycles. The van der Waals surface area contributed by atoms with Gasteiger partial charge in [-0.3, -0.25) is 9.58 Å². The fraction of sp³-hybridized carbons (Fsp3) is 0.652. The zero-order valence-electron chi connectivity index (χ0n) is 18.5. The maximum absolute atomic E-state index is 12.9. The lowest BCUT2D eigenvalue weighted by molar-refractivity contribution is -0.127. The first-order valence-electron chi connectivity index (χ1n) is 11.4. The number of morpholine rings is 1. The second-order valence-corrected chi connectivity index (χ2v) is 9.68. The van der Waals surface area contributed by atoms with Gasteiger partial charge >= 0.3 is 6.18 Å². The molecule has 2 aromatic heterocycles. The first-order chi connectivity index (χ1) is 15.2. The van der Waals surface area contributed by atoms with Crippen molar-refractivity contribution in [1.82, 2.24) is 19.7 Å². The number of anilines is 1. The van der Waals surface area contributed by atoms with Gasteiger partial charge in [-0.25, -0.2) is 4.98 Å². The zero-order chi connectivity index (χ0) is 22.6. The SMILES string of the molecule is CC(C)n1nc(-c2cnc(N)c(CC(F)(F)F)c2)cc1C1C2CC(N3CCOCC3)CC21. The summed E-state index contributed by atoms with van der Waals surface area (Å²) < 4.78 is 46.3. The third kappa shape index (κ3) is 4.12. The monoisotopic (exact) mass is 449 g/mol. The molecule has 32 heavy (non-hydrogen) atoms. The molecule has 2 saturated carbocycles. The van der Waals surface area contributed by atoms with Crippen molar-refractivity contribution in [2.45, 2.75) is 57.3 Å². The number of fused-ring (bicyclic) bond motifs is 1. The molecule has 2 unspecified atom stereocenters. The minimum atomic E-state index is -4.33. The number of nitrogens with two attached hydrogens (primary N) is 1. The summed E-state index contributed by atoms with van der Waals surface area (Å²) in [6.07, 6.45) is -1.50. The van der Waals surface area contributed by atoms with E-state index in [0.29, 0.717) is 35.1 Å². The first-order valence-corrected chi connectivity index (χ1v) is 11.4. The van der Waals surface area contributed by atoms with Crippen LogP contribution in [0.1, 0.15) is 49.9 Å². The smallest absolute Gasteiger partial charge is 0.383 e. The van der Waals surface area contributed by atoms with Gasteiger partial charge in [-0.2, -0.15) is 18.3 Å². The van der Waals surface area contributed by atoms with Crippen molar-refractivity contribution >= 4 is 5.82 Å².